The van der Waals surface area contributed by atoms with Crippen molar-refractivity contribution in [2.45, 2.75) is 32.1 Å². The van der Waals surface area contributed by atoms with Crippen molar-refractivity contribution in [3.63, 3.8) is 0 Å². The summed E-state index contributed by atoms with van der Waals surface area (Å²) in [5, 5.41) is 3.45. The molecule has 0 radical (unpaired) electrons. The van der Waals surface area contributed by atoms with Crippen LogP contribution in [-0.4, -0.2) is 6.54 Å². The third-order valence-electron chi connectivity index (χ3n) is 2.93. The summed E-state index contributed by atoms with van der Waals surface area (Å²) in [6.07, 6.45) is 9.01. The van der Waals surface area contributed by atoms with Crippen LogP contribution in [0.1, 0.15) is 32.1 Å². The highest BCUT2D eigenvalue weighted by Gasteiger charge is 2.02. The van der Waals surface area contributed by atoms with E-state index in [1.807, 2.05) is 0 Å². The quantitative estimate of drug-likeness (QED) is 0.726. The monoisotopic (exact) mass is 201 g/mol. The van der Waals surface area contributed by atoms with Crippen LogP contribution < -0.4 is 5.32 Å². The van der Waals surface area contributed by atoms with Crippen molar-refractivity contribution in [3.05, 3.63) is 42.0 Å². The number of allylic oxidation sites excluding steroid dienone is 1. The molecule has 1 nitrogen and oxygen atoms in total. The molecule has 0 aliphatic heterocycles. The highest BCUT2D eigenvalue weighted by atomic mass is 14.9. The lowest BCUT2D eigenvalue weighted by Crippen LogP contribution is -2.04. The van der Waals surface area contributed by atoms with Crippen molar-refractivity contribution >= 4 is 5.69 Å². The predicted octanol–water partition coefficient (Wildman–Crippen LogP) is 3.99. The standard InChI is InChI=1S/C14H19N/c1-3-7-13(8-4-1)11-12-15-14-9-5-2-6-10-14/h2,5-7,9-10,15H,1,3-4,8,11-12H2. The van der Waals surface area contributed by atoms with Crippen LogP contribution in [0.5, 0.6) is 0 Å². The highest BCUT2D eigenvalue weighted by Crippen LogP contribution is 2.19. The molecule has 0 saturated carbocycles. The number of hydrogen-bond donors (Lipinski definition) is 1. The first-order valence-corrected chi connectivity index (χ1v) is 5.92. The van der Waals surface area contributed by atoms with E-state index in [9.17, 15) is 0 Å². The van der Waals surface area contributed by atoms with Crippen LogP contribution in [0.2, 0.25) is 0 Å². The van der Waals surface area contributed by atoms with E-state index in [-0.39, 0.29) is 0 Å². The van der Waals surface area contributed by atoms with Gasteiger partial charge >= 0.3 is 0 Å². The van der Waals surface area contributed by atoms with E-state index in [2.05, 4.69) is 41.7 Å². The second kappa shape index (κ2) is 5.59. The van der Waals surface area contributed by atoms with Crippen LogP contribution in [0.15, 0.2) is 42.0 Å². The summed E-state index contributed by atoms with van der Waals surface area (Å²) < 4.78 is 0. The zero-order chi connectivity index (χ0) is 10.3. The molecule has 2 rings (SSSR count). The summed E-state index contributed by atoms with van der Waals surface area (Å²) >= 11 is 0. The van der Waals surface area contributed by atoms with Crippen LogP contribution in [0.4, 0.5) is 5.69 Å². The Balaban J connectivity index is 1.73. The fraction of sp³-hybridized carbons (Fsp3) is 0.429. The molecule has 0 amide bonds. The van der Waals surface area contributed by atoms with Gasteiger partial charge in [-0.15, -0.1) is 0 Å². The minimum Gasteiger partial charge on any atom is -0.385 e. The Bertz CT molecular complexity index is 313. The molecule has 0 saturated heterocycles. The van der Waals surface area contributed by atoms with E-state index in [0.29, 0.717) is 0 Å². The molecule has 1 heteroatoms. The summed E-state index contributed by atoms with van der Waals surface area (Å²) in [5.74, 6) is 0. The Kier molecular flexibility index (Phi) is 3.84. The fourth-order valence-electron chi connectivity index (χ4n) is 2.06. The molecule has 0 spiro atoms. The Morgan fingerprint density at radius 2 is 1.93 bits per heavy atom. The average Bonchev–Trinajstić information content (AvgIpc) is 2.32. The van der Waals surface area contributed by atoms with Crippen LogP contribution in [0.25, 0.3) is 0 Å². The van der Waals surface area contributed by atoms with Crippen molar-refractivity contribution in [1.82, 2.24) is 0 Å². The lowest BCUT2D eigenvalue weighted by molar-refractivity contribution is 0.679. The molecule has 0 bridgehead atoms. The van der Waals surface area contributed by atoms with E-state index in [1.165, 1.54) is 37.8 Å². The topological polar surface area (TPSA) is 12.0 Å². The first-order valence-electron chi connectivity index (χ1n) is 5.92. The summed E-state index contributed by atoms with van der Waals surface area (Å²) in [4.78, 5) is 0. The van der Waals surface area contributed by atoms with E-state index < -0.39 is 0 Å². The van der Waals surface area contributed by atoms with Crippen molar-refractivity contribution in [2.24, 2.45) is 0 Å². The third kappa shape index (κ3) is 3.43. The van der Waals surface area contributed by atoms with Crippen LogP contribution in [0.3, 0.4) is 0 Å². The second-order valence-corrected chi connectivity index (χ2v) is 4.15. The van der Waals surface area contributed by atoms with Crippen molar-refractivity contribution in [2.75, 3.05) is 11.9 Å². The normalized spacial score (nSPS) is 15.9. The zero-order valence-corrected chi connectivity index (χ0v) is 9.21. The maximum Gasteiger partial charge on any atom is 0.0340 e. The molecule has 0 fully saturated rings. The van der Waals surface area contributed by atoms with E-state index in [1.54, 1.807) is 5.57 Å². The summed E-state index contributed by atoms with van der Waals surface area (Å²) in [7, 11) is 0. The maximum atomic E-state index is 3.45. The minimum absolute atomic E-state index is 1.07. The number of hydrogen-bond acceptors (Lipinski definition) is 1. The molecule has 1 N–H and O–H groups in total. The molecule has 1 aliphatic carbocycles. The van der Waals surface area contributed by atoms with Gasteiger partial charge in [-0.25, -0.2) is 0 Å². The number of rotatable bonds is 4. The number of para-hydroxylation sites is 1. The van der Waals surface area contributed by atoms with Gasteiger partial charge in [-0.3, -0.25) is 0 Å². The molecular weight excluding hydrogens is 182 g/mol. The van der Waals surface area contributed by atoms with E-state index in [4.69, 9.17) is 0 Å². The van der Waals surface area contributed by atoms with Gasteiger partial charge in [-0.1, -0.05) is 29.8 Å². The molecule has 0 aromatic heterocycles. The smallest absolute Gasteiger partial charge is 0.0340 e. The van der Waals surface area contributed by atoms with Gasteiger partial charge in [0.05, 0.1) is 0 Å². The van der Waals surface area contributed by atoms with Crippen LogP contribution >= 0.6 is 0 Å². The first-order chi connectivity index (χ1) is 7.45. The second-order valence-electron chi connectivity index (χ2n) is 4.15. The average molecular weight is 201 g/mol. The Labute approximate surface area is 92.2 Å². The number of benzene rings is 1. The fourth-order valence-corrected chi connectivity index (χ4v) is 2.06. The van der Waals surface area contributed by atoms with Gasteiger partial charge in [0.15, 0.2) is 0 Å². The summed E-state index contributed by atoms with van der Waals surface area (Å²) in [6.45, 7) is 1.07. The molecule has 0 unspecified atom stereocenters. The Hall–Kier alpha value is -1.24. The zero-order valence-electron chi connectivity index (χ0n) is 9.21. The minimum atomic E-state index is 1.07. The maximum absolute atomic E-state index is 3.45. The van der Waals surface area contributed by atoms with Gasteiger partial charge in [0, 0.05) is 12.2 Å². The lowest BCUT2D eigenvalue weighted by Gasteiger charge is -2.13. The molecule has 1 aliphatic rings. The van der Waals surface area contributed by atoms with Crippen LogP contribution in [-0.2, 0) is 0 Å². The van der Waals surface area contributed by atoms with E-state index in [0.717, 1.165) is 6.54 Å². The van der Waals surface area contributed by atoms with Gasteiger partial charge in [0.1, 0.15) is 0 Å². The number of nitrogens with one attached hydrogen (secondary N) is 1. The van der Waals surface area contributed by atoms with Crippen molar-refractivity contribution < 1.29 is 0 Å². The third-order valence-corrected chi connectivity index (χ3v) is 2.93. The largest absolute Gasteiger partial charge is 0.385 e. The van der Waals surface area contributed by atoms with Crippen molar-refractivity contribution in [3.8, 4) is 0 Å². The van der Waals surface area contributed by atoms with Gasteiger partial charge in [0.25, 0.3) is 0 Å². The van der Waals surface area contributed by atoms with E-state index >= 15 is 0 Å². The molecule has 15 heavy (non-hydrogen) atoms. The summed E-state index contributed by atoms with van der Waals surface area (Å²) in [6, 6.07) is 10.4. The predicted molar refractivity (Wildman–Crippen MR) is 66.1 cm³/mol. The molecule has 0 atom stereocenters. The molecule has 1 aromatic carbocycles. The molecule has 0 heterocycles. The Morgan fingerprint density at radius 3 is 2.67 bits per heavy atom. The molecule has 80 valence electrons. The Morgan fingerprint density at radius 1 is 1.07 bits per heavy atom. The van der Waals surface area contributed by atoms with Gasteiger partial charge < -0.3 is 5.32 Å². The SMILES string of the molecule is C1=C(CCNc2ccccc2)CCCC1. The molecule has 1 aromatic rings. The van der Waals surface area contributed by atoms with Gasteiger partial charge in [-0.2, -0.15) is 0 Å². The van der Waals surface area contributed by atoms with Gasteiger partial charge in [0.2, 0.25) is 0 Å². The first kappa shape index (κ1) is 10.3. The lowest BCUT2D eigenvalue weighted by atomic mass is 9.97. The van der Waals surface area contributed by atoms with Crippen molar-refractivity contribution in [1.29, 1.82) is 0 Å². The van der Waals surface area contributed by atoms with Crippen LogP contribution in [0, 0.1) is 0 Å². The molecular formula is C14H19N. The highest BCUT2D eigenvalue weighted by molar-refractivity contribution is 5.42. The van der Waals surface area contributed by atoms with Gasteiger partial charge in [-0.05, 0) is 44.2 Å². The number of anilines is 1. The summed E-state index contributed by atoms with van der Waals surface area (Å²) in [5.41, 5.74) is 2.87.